The molecule has 0 N–H and O–H groups in total. The Bertz CT molecular complexity index is 2810. The molecule has 3 heterocycles. The van der Waals surface area contributed by atoms with Gasteiger partial charge >= 0.3 is 0 Å². The zero-order valence-electron chi connectivity index (χ0n) is 28.6. The predicted molar refractivity (Wildman–Crippen MR) is 220 cm³/mol. The van der Waals surface area contributed by atoms with Gasteiger partial charge in [0, 0.05) is 39.2 Å². The summed E-state index contributed by atoms with van der Waals surface area (Å²) < 4.78 is 2.38. The van der Waals surface area contributed by atoms with Crippen LogP contribution in [0.1, 0.15) is 12.0 Å². The quantitative estimate of drug-likeness (QED) is 0.171. The highest BCUT2D eigenvalue weighted by molar-refractivity contribution is 6.11. The summed E-state index contributed by atoms with van der Waals surface area (Å²) in [5, 5.41) is 3.66. The maximum atomic E-state index is 4.82. The number of hydrogen-bond acceptors (Lipinski definition) is 3. The molecule has 0 bridgehead atoms. The van der Waals surface area contributed by atoms with Crippen molar-refractivity contribution in [3.63, 3.8) is 0 Å². The lowest BCUT2D eigenvalue weighted by molar-refractivity contribution is 0.966. The minimum Gasteiger partial charge on any atom is -0.335 e. The first-order valence-corrected chi connectivity index (χ1v) is 17.8. The van der Waals surface area contributed by atoms with Crippen LogP contribution in [0.15, 0.2) is 175 Å². The van der Waals surface area contributed by atoms with Crippen LogP contribution in [0.2, 0.25) is 0 Å². The number of anilines is 2. The number of allylic oxidation sites excluding steroid dienone is 6. The smallest absolute Gasteiger partial charge is 0.0859 e. The summed E-state index contributed by atoms with van der Waals surface area (Å²) in [6.45, 7) is 4.58. The summed E-state index contributed by atoms with van der Waals surface area (Å²) in [5.41, 5.74) is 16.1. The lowest BCUT2D eigenvalue weighted by Crippen LogP contribution is -2.22. The Morgan fingerprint density at radius 1 is 0.615 bits per heavy atom. The van der Waals surface area contributed by atoms with Crippen LogP contribution in [-0.4, -0.2) is 16.3 Å². The van der Waals surface area contributed by atoms with Gasteiger partial charge in [0.05, 0.1) is 40.2 Å². The van der Waals surface area contributed by atoms with Gasteiger partial charge in [-0.3, -0.25) is 9.98 Å². The Kier molecular flexibility index (Phi) is 7.07. The first-order chi connectivity index (χ1) is 25.7. The first kappa shape index (κ1) is 30.1. The highest BCUT2D eigenvalue weighted by Crippen LogP contribution is 2.48. The summed E-state index contributed by atoms with van der Waals surface area (Å²) in [7, 11) is 0. The van der Waals surface area contributed by atoms with Crippen LogP contribution in [0.4, 0.5) is 17.1 Å². The summed E-state index contributed by atoms with van der Waals surface area (Å²) in [5.74, 6) is 0. The number of hydrogen-bond donors (Lipinski definition) is 0. The van der Waals surface area contributed by atoms with Crippen molar-refractivity contribution in [2.45, 2.75) is 13.0 Å². The second kappa shape index (κ2) is 12.2. The molecular weight excluding hydrogens is 633 g/mol. The zero-order valence-corrected chi connectivity index (χ0v) is 28.6. The molecule has 2 aliphatic rings. The molecule has 0 saturated carbocycles. The van der Waals surface area contributed by atoms with Crippen molar-refractivity contribution in [1.29, 1.82) is 0 Å². The van der Waals surface area contributed by atoms with Crippen LogP contribution in [0.3, 0.4) is 0 Å². The monoisotopic (exact) mass is 666 g/mol. The average Bonchev–Trinajstić information content (AvgIpc) is 3.32. The Morgan fingerprint density at radius 2 is 1.37 bits per heavy atom. The van der Waals surface area contributed by atoms with E-state index < -0.39 is 0 Å². The lowest BCUT2D eigenvalue weighted by Gasteiger charge is -2.34. The molecule has 0 spiro atoms. The third-order valence-corrected chi connectivity index (χ3v) is 10.6. The van der Waals surface area contributed by atoms with Crippen molar-refractivity contribution in [3.05, 3.63) is 176 Å². The molecule has 4 heteroatoms. The van der Waals surface area contributed by atoms with Crippen LogP contribution < -0.4 is 4.90 Å². The molecule has 4 nitrogen and oxygen atoms in total. The molecule has 52 heavy (non-hydrogen) atoms. The predicted octanol–water partition coefficient (Wildman–Crippen LogP) is 12.7. The normalized spacial score (nSPS) is 13.6. The largest absolute Gasteiger partial charge is 0.335 e. The maximum Gasteiger partial charge on any atom is 0.0859 e. The number of benzene rings is 6. The Morgan fingerprint density at radius 3 is 2.25 bits per heavy atom. The van der Waals surface area contributed by atoms with Gasteiger partial charge in [0.2, 0.25) is 0 Å². The summed E-state index contributed by atoms with van der Waals surface area (Å²) in [6, 6.07) is 48.2. The molecule has 2 aromatic heterocycles. The van der Waals surface area contributed by atoms with E-state index in [9.17, 15) is 0 Å². The molecule has 0 radical (unpaired) electrons. The fourth-order valence-corrected chi connectivity index (χ4v) is 8.07. The van der Waals surface area contributed by atoms with E-state index in [0.717, 1.165) is 34.4 Å². The number of nitrogens with zero attached hydrogens (tertiary/aromatic N) is 4. The molecule has 1 aliphatic carbocycles. The number of aliphatic imine (C=N–C) groups is 1. The van der Waals surface area contributed by atoms with E-state index in [1.165, 1.54) is 66.4 Å². The van der Waals surface area contributed by atoms with Crippen LogP contribution in [0.25, 0.3) is 71.8 Å². The first-order valence-electron chi connectivity index (χ1n) is 17.8. The number of pyridine rings is 1. The second-order valence-corrected chi connectivity index (χ2v) is 13.5. The van der Waals surface area contributed by atoms with Gasteiger partial charge in [0.15, 0.2) is 0 Å². The number of para-hydroxylation sites is 3. The van der Waals surface area contributed by atoms with Gasteiger partial charge in [-0.25, -0.2) is 0 Å². The highest BCUT2D eigenvalue weighted by atomic mass is 15.2. The summed E-state index contributed by atoms with van der Waals surface area (Å²) in [4.78, 5) is 11.6. The van der Waals surface area contributed by atoms with E-state index in [1.54, 1.807) is 0 Å². The molecule has 0 fully saturated rings. The van der Waals surface area contributed by atoms with Crippen molar-refractivity contribution in [1.82, 2.24) is 9.55 Å². The second-order valence-electron chi connectivity index (χ2n) is 13.5. The SMILES string of the molecule is C=Nc1ccccc1N1Cc2c(ccc3cccnc23)-c2ccc(-c3ccc(-c4ccc5c(c4)c4ccccc4n5C4=CC=CCC=C4)cc3)cc21. The average molecular weight is 667 g/mol. The Hall–Kier alpha value is -6.78. The van der Waals surface area contributed by atoms with Crippen LogP contribution in [0.5, 0.6) is 0 Å². The topological polar surface area (TPSA) is 33.4 Å². The van der Waals surface area contributed by atoms with E-state index in [4.69, 9.17) is 4.98 Å². The van der Waals surface area contributed by atoms with Gasteiger partial charge in [-0.05, 0) is 95.6 Å². The number of rotatable bonds is 5. The van der Waals surface area contributed by atoms with Gasteiger partial charge in [-0.2, -0.15) is 0 Å². The molecule has 0 amide bonds. The standard InChI is InChI=1S/C48H34N4/c1-49-43-15-7-9-17-46(43)51-31-42-38(25-22-34-11-10-28-50-48(34)42)40-26-23-36(30-47(40)51)33-20-18-32(19-21-33)35-24-27-45-41(29-35)39-14-6-8-16-44(39)52(45)37-12-4-2-3-5-13-37/h2,4-30H,1,3,31H2. The molecule has 0 saturated heterocycles. The summed E-state index contributed by atoms with van der Waals surface area (Å²) in [6.07, 6.45) is 13.8. The molecule has 8 aromatic rings. The third-order valence-electron chi connectivity index (χ3n) is 10.6. The van der Waals surface area contributed by atoms with Gasteiger partial charge in [0.1, 0.15) is 0 Å². The van der Waals surface area contributed by atoms with E-state index in [-0.39, 0.29) is 0 Å². The van der Waals surface area contributed by atoms with Gasteiger partial charge < -0.3 is 9.47 Å². The van der Waals surface area contributed by atoms with Gasteiger partial charge in [-0.1, -0.05) is 109 Å². The molecular formula is C48H34N4. The minimum atomic E-state index is 0.689. The third kappa shape index (κ3) is 4.84. The van der Waals surface area contributed by atoms with Crippen LogP contribution in [-0.2, 0) is 6.54 Å². The fourth-order valence-electron chi connectivity index (χ4n) is 8.07. The van der Waals surface area contributed by atoms with E-state index in [0.29, 0.717) is 6.54 Å². The van der Waals surface area contributed by atoms with Crippen LogP contribution in [0, 0.1) is 0 Å². The van der Waals surface area contributed by atoms with Crippen molar-refractivity contribution >= 4 is 62.2 Å². The Labute approximate surface area is 302 Å². The van der Waals surface area contributed by atoms with Crippen molar-refractivity contribution < 1.29 is 0 Å². The van der Waals surface area contributed by atoms with Crippen molar-refractivity contribution in [3.8, 4) is 33.4 Å². The molecule has 10 rings (SSSR count). The van der Waals surface area contributed by atoms with E-state index >= 15 is 0 Å². The molecule has 246 valence electrons. The van der Waals surface area contributed by atoms with E-state index in [1.807, 2.05) is 24.4 Å². The molecule has 1 aliphatic heterocycles. The zero-order chi connectivity index (χ0) is 34.6. The van der Waals surface area contributed by atoms with Crippen LogP contribution >= 0.6 is 0 Å². The van der Waals surface area contributed by atoms with Crippen molar-refractivity contribution in [2.24, 2.45) is 4.99 Å². The fraction of sp³-hybridized carbons (Fsp3) is 0.0417. The Balaban J connectivity index is 1.06. The minimum absolute atomic E-state index is 0.689. The van der Waals surface area contributed by atoms with Crippen molar-refractivity contribution in [2.75, 3.05) is 4.90 Å². The van der Waals surface area contributed by atoms with Gasteiger partial charge in [-0.15, -0.1) is 0 Å². The molecule has 0 atom stereocenters. The lowest BCUT2D eigenvalue weighted by atomic mass is 9.89. The maximum absolute atomic E-state index is 4.82. The number of aromatic nitrogens is 2. The molecule has 6 aromatic carbocycles. The highest BCUT2D eigenvalue weighted by Gasteiger charge is 2.27. The molecule has 0 unspecified atom stereocenters. The van der Waals surface area contributed by atoms with Gasteiger partial charge in [0.25, 0.3) is 0 Å². The summed E-state index contributed by atoms with van der Waals surface area (Å²) >= 11 is 0. The number of fused-ring (bicyclic) bond motifs is 8. The van der Waals surface area contributed by atoms with E-state index in [2.05, 4.69) is 167 Å².